The molecule has 0 bridgehead atoms. The molecule has 5 nitrogen and oxygen atoms in total. The smallest absolute Gasteiger partial charge is 0.274 e. The van der Waals surface area contributed by atoms with Crippen molar-refractivity contribution in [1.29, 1.82) is 0 Å². The topological polar surface area (TPSA) is 55.3 Å². The van der Waals surface area contributed by atoms with Crippen LogP contribution >= 0.6 is 0 Å². The number of likely N-dealkylation sites (tertiary alicyclic amines) is 1. The first kappa shape index (κ1) is 17.5. The van der Waals surface area contributed by atoms with Crippen LogP contribution in [0.4, 0.5) is 0 Å². The van der Waals surface area contributed by atoms with Crippen molar-refractivity contribution in [3.05, 3.63) is 59.2 Å². The molecule has 1 amide bonds. The van der Waals surface area contributed by atoms with Gasteiger partial charge >= 0.3 is 0 Å². The van der Waals surface area contributed by atoms with E-state index >= 15 is 0 Å². The average molecular weight is 339 g/mol. The Morgan fingerprint density at radius 3 is 2.80 bits per heavy atom. The highest BCUT2D eigenvalue weighted by Crippen LogP contribution is 2.25. The van der Waals surface area contributed by atoms with Crippen LogP contribution in [0.2, 0.25) is 0 Å². The van der Waals surface area contributed by atoms with E-state index in [2.05, 4.69) is 41.2 Å². The summed E-state index contributed by atoms with van der Waals surface area (Å²) in [7, 11) is 1.76. The molecule has 25 heavy (non-hydrogen) atoms. The Bertz CT molecular complexity index is 730. The Hall–Kier alpha value is -2.27. The van der Waals surface area contributed by atoms with Gasteiger partial charge < -0.3 is 9.64 Å². The highest BCUT2D eigenvalue weighted by molar-refractivity contribution is 5.92. The fourth-order valence-corrected chi connectivity index (χ4v) is 3.51. The molecule has 132 valence electrons. The number of methoxy groups -OCH3 is 1. The van der Waals surface area contributed by atoms with E-state index in [9.17, 15) is 4.79 Å². The molecule has 0 aliphatic carbocycles. The summed E-state index contributed by atoms with van der Waals surface area (Å²) in [6.07, 6.45) is 5.13. The van der Waals surface area contributed by atoms with Gasteiger partial charge in [0.2, 0.25) is 0 Å². The lowest BCUT2D eigenvalue weighted by Gasteiger charge is -2.38. The first-order valence-corrected chi connectivity index (χ1v) is 8.73. The van der Waals surface area contributed by atoms with Crippen LogP contribution in [0.1, 0.15) is 33.7 Å². The van der Waals surface area contributed by atoms with Gasteiger partial charge in [-0.2, -0.15) is 0 Å². The molecule has 5 heteroatoms. The largest absolute Gasteiger partial charge is 0.381 e. The summed E-state index contributed by atoms with van der Waals surface area (Å²) in [6, 6.07) is 8.54. The zero-order valence-corrected chi connectivity index (χ0v) is 15.1. The number of carbonyl (C=O) groups is 1. The van der Waals surface area contributed by atoms with Crippen molar-refractivity contribution >= 4 is 5.91 Å². The summed E-state index contributed by atoms with van der Waals surface area (Å²) in [6.45, 7) is 5.34. The molecule has 1 aromatic heterocycles. The van der Waals surface area contributed by atoms with Gasteiger partial charge in [-0.15, -0.1) is 0 Å². The number of amides is 1. The highest BCUT2D eigenvalue weighted by atomic mass is 16.5. The first-order chi connectivity index (χ1) is 12.1. The van der Waals surface area contributed by atoms with Crippen LogP contribution in [0.25, 0.3) is 0 Å². The molecule has 0 saturated carbocycles. The Morgan fingerprint density at radius 1 is 1.28 bits per heavy atom. The van der Waals surface area contributed by atoms with Gasteiger partial charge in [0.1, 0.15) is 5.69 Å². The summed E-state index contributed by atoms with van der Waals surface area (Å²) >= 11 is 0. The van der Waals surface area contributed by atoms with E-state index in [1.54, 1.807) is 19.5 Å². The SMILES string of the molecule is CO[C@H]1CCN(C(=O)c2cnc(C)cn2)C[C@@H]1Cc1cccc(C)c1. The standard InChI is InChI=1S/C20H25N3O2/c1-14-5-4-6-16(9-14)10-17-13-23(8-7-19(17)25-3)20(24)18-12-21-15(2)11-22-18/h4-6,9,11-12,17,19H,7-8,10,13H2,1-3H3/t17-,19-/m0/s1. The molecule has 1 aliphatic rings. The van der Waals surface area contributed by atoms with Gasteiger partial charge in [-0.1, -0.05) is 29.8 Å². The monoisotopic (exact) mass is 339 g/mol. The summed E-state index contributed by atoms with van der Waals surface area (Å²) in [5.74, 6) is 0.235. The average Bonchev–Trinajstić information content (AvgIpc) is 2.62. The lowest BCUT2D eigenvalue weighted by Crippen LogP contribution is -2.47. The van der Waals surface area contributed by atoms with Crippen LogP contribution in [-0.2, 0) is 11.2 Å². The van der Waals surface area contributed by atoms with Gasteiger partial charge in [0.15, 0.2) is 0 Å². The Morgan fingerprint density at radius 2 is 2.12 bits per heavy atom. The Balaban J connectivity index is 1.73. The van der Waals surface area contributed by atoms with Gasteiger partial charge in [-0.05, 0) is 32.3 Å². The molecule has 0 N–H and O–H groups in total. The number of aromatic nitrogens is 2. The maximum atomic E-state index is 12.7. The number of hydrogen-bond acceptors (Lipinski definition) is 4. The number of piperidine rings is 1. The maximum absolute atomic E-state index is 12.7. The van der Waals surface area contributed by atoms with E-state index in [0.717, 1.165) is 18.5 Å². The normalized spacial score (nSPS) is 20.5. The van der Waals surface area contributed by atoms with Gasteiger partial charge in [0.05, 0.1) is 18.0 Å². The number of nitrogens with zero attached hydrogens (tertiary/aromatic N) is 3. The third-order valence-corrected chi connectivity index (χ3v) is 4.83. The molecule has 1 aromatic carbocycles. The molecule has 2 heterocycles. The molecule has 1 aliphatic heterocycles. The number of benzene rings is 1. The Kier molecular flexibility index (Phi) is 5.43. The van der Waals surface area contributed by atoms with Crippen LogP contribution in [0, 0.1) is 19.8 Å². The minimum atomic E-state index is -0.0451. The van der Waals surface area contributed by atoms with Gasteiger partial charge in [-0.3, -0.25) is 9.78 Å². The van der Waals surface area contributed by atoms with E-state index < -0.39 is 0 Å². The van der Waals surface area contributed by atoms with Crippen molar-refractivity contribution < 1.29 is 9.53 Å². The van der Waals surface area contributed by atoms with Gasteiger partial charge in [0, 0.05) is 32.3 Å². The number of hydrogen-bond donors (Lipinski definition) is 0. The lowest BCUT2D eigenvalue weighted by molar-refractivity contribution is -0.00319. The van der Waals surface area contributed by atoms with Crippen molar-refractivity contribution in [2.24, 2.45) is 5.92 Å². The molecule has 2 aromatic rings. The second kappa shape index (κ2) is 7.74. The van der Waals surface area contributed by atoms with Crippen LogP contribution < -0.4 is 0 Å². The number of aryl methyl sites for hydroxylation is 2. The molecule has 0 unspecified atom stereocenters. The van der Waals surface area contributed by atoms with Crippen LogP contribution in [-0.4, -0.2) is 47.1 Å². The minimum absolute atomic E-state index is 0.0451. The maximum Gasteiger partial charge on any atom is 0.274 e. The fourth-order valence-electron chi connectivity index (χ4n) is 3.51. The Labute approximate surface area is 149 Å². The van der Waals surface area contributed by atoms with Gasteiger partial charge in [0.25, 0.3) is 5.91 Å². The summed E-state index contributed by atoms with van der Waals surface area (Å²) < 4.78 is 5.69. The molecule has 1 saturated heterocycles. The summed E-state index contributed by atoms with van der Waals surface area (Å²) in [4.78, 5) is 23.0. The molecular weight excluding hydrogens is 314 g/mol. The van der Waals surface area contributed by atoms with Crippen molar-refractivity contribution in [2.45, 2.75) is 32.8 Å². The van der Waals surface area contributed by atoms with Crippen molar-refractivity contribution in [3.63, 3.8) is 0 Å². The number of carbonyl (C=O) groups excluding carboxylic acids is 1. The van der Waals surface area contributed by atoms with E-state index in [1.807, 2.05) is 11.8 Å². The minimum Gasteiger partial charge on any atom is -0.381 e. The third kappa shape index (κ3) is 4.23. The first-order valence-electron chi connectivity index (χ1n) is 8.73. The quantitative estimate of drug-likeness (QED) is 0.859. The predicted molar refractivity (Wildman–Crippen MR) is 96.5 cm³/mol. The van der Waals surface area contributed by atoms with Crippen LogP contribution in [0.3, 0.4) is 0 Å². The zero-order chi connectivity index (χ0) is 17.8. The molecular formula is C20H25N3O2. The fraction of sp³-hybridized carbons (Fsp3) is 0.450. The lowest BCUT2D eigenvalue weighted by atomic mass is 9.88. The van der Waals surface area contributed by atoms with Crippen LogP contribution in [0.15, 0.2) is 36.7 Å². The van der Waals surface area contributed by atoms with E-state index in [0.29, 0.717) is 18.8 Å². The number of ether oxygens (including phenoxy) is 1. The summed E-state index contributed by atoms with van der Waals surface area (Å²) in [5, 5.41) is 0. The summed E-state index contributed by atoms with van der Waals surface area (Å²) in [5.41, 5.74) is 3.77. The molecule has 0 spiro atoms. The molecule has 0 radical (unpaired) electrons. The van der Waals surface area contributed by atoms with E-state index in [4.69, 9.17) is 4.74 Å². The van der Waals surface area contributed by atoms with Gasteiger partial charge in [-0.25, -0.2) is 4.98 Å². The molecule has 1 fully saturated rings. The molecule has 2 atom stereocenters. The van der Waals surface area contributed by atoms with Crippen molar-refractivity contribution in [3.8, 4) is 0 Å². The number of rotatable bonds is 4. The third-order valence-electron chi connectivity index (χ3n) is 4.83. The predicted octanol–water partition coefficient (Wildman–Crippen LogP) is 2.81. The molecule has 3 rings (SSSR count). The van der Waals surface area contributed by atoms with E-state index in [-0.39, 0.29) is 17.9 Å². The van der Waals surface area contributed by atoms with Crippen molar-refractivity contribution in [1.82, 2.24) is 14.9 Å². The second-order valence-corrected chi connectivity index (χ2v) is 6.81. The zero-order valence-electron chi connectivity index (χ0n) is 15.1. The van der Waals surface area contributed by atoms with Crippen molar-refractivity contribution in [2.75, 3.05) is 20.2 Å². The highest BCUT2D eigenvalue weighted by Gasteiger charge is 2.32. The van der Waals surface area contributed by atoms with E-state index in [1.165, 1.54) is 11.1 Å². The second-order valence-electron chi connectivity index (χ2n) is 6.81. The van der Waals surface area contributed by atoms with Crippen LogP contribution in [0.5, 0.6) is 0 Å².